The number of carbonyl (C=O) groups excluding carboxylic acids is 3. The molecule has 0 spiro atoms. The quantitative estimate of drug-likeness (QED) is 0.494. The first-order chi connectivity index (χ1) is 13.9. The number of carbonyl (C=O) groups is 3. The Kier molecular flexibility index (Phi) is 8.89. The fourth-order valence-electron chi connectivity index (χ4n) is 2.66. The Morgan fingerprint density at radius 2 is 1.59 bits per heavy atom. The standard InChI is InChI=1S/C23H28N2O4/c1-25(2)22(27)17-19-10-12-20(13-11-19)24-21(26)14-15-23(28)29-16-6-9-18-7-4-3-5-8-18/h3-5,7-8,10-13H,6,9,14-17H2,1-2H3,(H,24,26). The van der Waals surface area contributed by atoms with Crippen LogP contribution in [-0.4, -0.2) is 43.4 Å². The summed E-state index contributed by atoms with van der Waals surface area (Å²) in [5.41, 5.74) is 2.72. The van der Waals surface area contributed by atoms with Gasteiger partial charge in [0, 0.05) is 26.2 Å². The maximum absolute atomic E-state index is 12.0. The summed E-state index contributed by atoms with van der Waals surface area (Å²) >= 11 is 0. The van der Waals surface area contributed by atoms with Gasteiger partial charge in [-0.1, -0.05) is 42.5 Å². The number of hydrogen-bond acceptors (Lipinski definition) is 4. The van der Waals surface area contributed by atoms with Crippen molar-refractivity contribution in [3.63, 3.8) is 0 Å². The number of ether oxygens (including phenoxy) is 1. The van der Waals surface area contributed by atoms with Gasteiger partial charge in [0.05, 0.1) is 19.4 Å². The van der Waals surface area contributed by atoms with Crippen molar-refractivity contribution < 1.29 is 19.1 Å². The molecule has 0 fully saturated rings. The van der Waals surface area contributed by atoms with Crippen LogP contribution in [0.3, 0.4) is 0 Å². The third kappa shape index (κ3) is 8.60. The molecule has 2 aromatic carbocycles. The topological polar surface area (TPSA) is 75.7 Å². The number of rotatable bonds is 10. The van der Waals surface area contributed by atoms with Gasteiger partial charge >= 0.3 is 5.97 Å². The number of nitrogens with one attached hydrogen (secondary N) is 1. The smallest absolute Gasteiger partial charge is 0.306 e. The molecule has 0 radical (unpaired) electrons. The van der Waals surface area contributed by atoms with E-state index in [4.69, 9.17) is 4.74 Å². The number of benzene rings is 2. The molecule has 0 saturated carbocycles. The van der Waals surface area contributed by atoms with Gasteiger partial charge < -0.3 is 15.0 Å². The zero-order chi connectivity index (χ0) is 21.1. The summed E-state index contributed by atoms with van der Waals surface area (Å²) in [6.07, 6.45) is 2.04. The Balaban J connectivity index is 1.63. The molecular formula is C23H28N2O4. The summed E-state index contributed by atoms with van der Waals surface area (Å²) in [6.45, 7) is 0.350. The Bertz CT molecular complexity index is 801. The molecule has 0 bridgehead atoms. The van der Waals surface area contributed by atoms with Gasteiger partial charge in [-0.2, -0.15) is 0 Å². The van der Waals surface area contributed by atoms with Crippen LogP contribution in [-0.2, 0) is 32.0 Å². The molecule has 2 aromatic rings. The largest absolute Gasteiger partial charge is 0.466 e. The maximum Gasteiger partial charge on any atom is 0.306 e. The Labute approximate surface area is 171 Å². The average Bonchev–Trinajstić information content (AvgIpc) is 2.72. The van der Waals surface area contributed by atoms with Crippen LogP contribution in [0, 0.1) is 0 Å². The van der Waals surface area contributed by atoms with Crippen molar-refractivity contribution in [1.82, 2.24) is 4.90 Å². The lowest BCUT2D eigenvalue weighted by Gasteiger charge is -2.10. The minimum atomic E-state index is -0.370. The van der Waals surface area contributed by atoms with Gasteiger partial charge in [-0.3, -0.25) is 14.4 Å². The highest BCUT2D eigenvalue weighted by Crippen LogP contribution is 2.11. The van der Waals surface area contributed by atoms with E-state index in [1.807, 2.05) is 30.3 Å². The van der Waals surface area contributed by atoms with Crippen LogP contribution in [0.1, 0.15) is 30.4 Å². The van der Waals surface area contributed by atoms with E-state index < -0.39 is 0 Å². The van der Waals surface area contributed by atoms with E-state index in [0.717, 1.165) is 18.4 Å². The number of aryl methyl sites for hydroxylation is 1. The zero-order valence-electron chi connectivity index (χ0n) is 17.0. The summed E-state index contributed by atoms with van der Waals surface area (Å²) < 4.78 is 5.18. The molecule has 0 aromatic heterocycles. The Morgan fingerprint density at radius 1 is 0.897 bits per heavy atom. The molecule has 0 saturated heterocycles. The number of hydrogen-bond donors (Lipinski definition) is 1. The molecule has 0 aliphatic rings. The number of nitrogens with zero attached hydrogens (tertiary/aromatic N) is 1. The second-order valence-electron chi connectivity index (χ2n) is 7.02. The van der Waals surface area contributed by atoms with E-state index in [-0.39, 0.29) is 30.6 Å². The SMILES string of the molecule is CN(C)C(=O)Cc1ccc(NC(=O)CCC(=O)OCCCc2ccccc2)cc1. The Hall–Kier alpha value is -3.15. The summed E-state index contributed by atoms with van der Waals surface area (Å²) in [6, 6.07) is 17.1. The second-order valence-corrected chi connectivity index (χ2v) is 7.02. The molecule has 6 nitrogen and oxygen atoms in total. The molecule has 0 unspecified atom stereocenters. The van der Waals surface area contributed by atoms with Crippen molar-refractivity contribution in [3.8, 4) is 0 Å². The van der Waals surface area contributed by atoms with Crippen molar-refractivity contribution in [1.29, 1.82) is 0 Å². The Morgan fingerprint density at radius 3 is 2.24 bits per heavy atom. The first-order valence-corrected chi connectivity index (χ1v) is 9.72. The summed E-state index contributed by atoms with van der Waals surface area (Å²) in [7, 11) is 3.43. The minimum Gasteiger partial charge on any atom is -0.466 e. The number of esters is 1. The van der Waals surface area contributed by atoms with Crippen molar-refractivity contribution in [2.45, 2.75) is 32.1 Å². The third-order valence-electron chi connectivity index (χ3n) is 4.36. The van der Waals surface area contributed by atoms with Crippen molar-refractivity contribution in [2.75, 3.05) is 26.0 Å². The third-order valence-corrected chi connectivity index (χ3v) is 4.36. The molecular weight excluding hydrogens is 368 g/mol. The molecule has 154 valence electrons. The van der Waals surface area contributed by atoms with Crippen LogP contribution < -0.4 is 5.32 Å². The highest BCUT2D eigenvalue weighted by molar-refractivity contribution is 5.92. The molecule has 1 N–H and O–H groups in total. The fraction of sp³-hybridized carbons (Fsp3) is 0.348. The van der Waals surface area contributed by atoms with Crippen LogP contribution in [0.4, 0.5) is 5.69 Å². The predicted octanol–water partition coefficient (Wildman–Crippen LogP) is 3.21. The lowest BCUT2D eigenvalue weighted by molar-refractivity contribution is -0.144. The van der Waals surface area contributed by atoms with E-state index in [9.17, 15) is 14.4 Å². The monoisotopic (exact) mass is 396 g/mol. The molecule has 29 heavy (non-hydrogen) atoms. The van der Waals surface area contributed by atoms with Gasteiger partial charge in [0.15, 0.2) is 0 Å². The lowest BCUT2D eigenvalue weighted by Crippen LogP contribution is -2.23. The average molecular weight is 396 g/mol. The molecule has 0 atom stereocenters. The molecule has 2 rings (SSSR count). The van der Waals surface area contributed by atoms with Gasteiger partial charge in [-0.25, -0.2) is 0 Å². The van der Waals surface area contributed by atoms with E-state index in [0.29, 0.717) is 18.7 Å². The predicted molar refractivity (Wildman–Crippen MR) is 112 cm³/mol. The summed E-state index contributed by atoms with van der Waals surface area (Å²) in [5.74, 6) is -0.599. The molecule has 6 heteroatoms. The van der Waals surface area contributed by atoms with E-state index >= 15 is 0 Å². The molecule has 0 aliphatic carbocycles. The van der Waals surface area contributed by atoms with Gasteiger partial charge in [0.1, 0.15) is 0 Å². The number of amides is 2. The zero-order valence-corrected chi connectivity index (χ0v) is 17.0. The van der Waals surface area contributed by atoms with Crippen molar-refractivity contribution in [2.24, 2.45) is 0 Å². The van der Waals surface area contributed by atoms with Crippen LogP contribution in [0.5, 0.6) is 0 Å². The minimum absolute atomic E-state index is 0.0177. The fourth-order valence-corrected chi connectivity index (χ4v) is 2.66. The van der Waals surface area contributed by atoms with E-state index in [2.05, 4.69) is 5.32 Å². The summed E-state index contributed by atoms with van der Waals surface area (Å²) in [5, 5.41) is 2.75. The van der Waals surface area contributed by atoms with Crippen LogP contribution >= 0.6 is 0 Å². The lowest BCUT2D eigenvalue weighted by atomic mass is 10.1. The van der Waals surface area contributed by atoms with E-state index in [1.165, 1.54) is 10.5 Å². The highest BCUT2D eigenvalue weighted by atomic mass is 16.5. The molecule has 2 amide bonds. The maximum atomic E-state index is 12.0. The summed E-state index contributed by atoms with van der Waals surface area (Å²) in [4.78, 5) is 37.0. The normalized spacial score (nSPS) is 10.3. The van der Waals surface area contributed by atoms with Crippen LogP contribution in [0.2, 0.25) is 0 Å². The van der Waals surface area contributed by atoms with Crippen LogP contribution in [0.15, 0.2) is 54.6 Å². The highest BCUT2D eigenvalue weighted by Gasteiger charge is 2.09. The molecule has 0 heterocycles. The first kappa shape index (κ1) is 22.1. The van der Waals surface area contributed by atoms with Gasteiger partial charge in [0.2, 0.25) is 11.8 Å². The number of anilines is 1. The first-order valence-electron chi connectivity index (χ1n) is 9.72. The van der Waals surface area contributed by atoms with Gasteiger partial charge in [-0.15, -0.1) is 0 Å². The second kappa shape index (κ2) is 11.6. The van der Waals surface area contributed by atoms with Crippen molar-refractivity contribution in [3.05, 3.63) is 65.7 Å². The van der Waals surface area contributed by atoms with Gasteiger partial charge in [0.25, 0.3) is 0 Å². The van der Waals surface area contributed by atoms with E-state index in [1.54, 1.807) is 38.4 Å². The van der Waals surface area contributed by atoms with Crippen molar-refractivity contribution >= 4 is 23.5 Å². The molecule has 0 aliphatic heterocycles. The number of likely N-dealkylation sites (N-methyl/N-ethyl adjacent to an activating group) is 1. The van der Waals surface area contributed by atoms with Gasteiger partial charge in [-0.05, 0) is 36.1 Å². The van der Waals surface area contributed by atoms with Crippen LogP contribution in [0.25, 0.3) is 0 Å².